The molecule has 2 aromatic rings. The van der Waals surface area contributed by atoms with Gasteiger partial charge in [-0.05, 0) is 44.0 Å². The van der Waals surface area contributed by atoms with E-state index in [1.807, 2.05) is 0 Å². The van der Waals surface area contributed by atoms with Crippen LogP contribution in [0, 0.1) is 0 Å². The van der Waals surface area contributed by atoms with Gasteiger partial charge in [-0.3, -0.25) is 24.0 Å². The number of amides is 3. The molecular formula is C26H32N4O7S. The van der Waals surface area contributed by atoms with Gasteiger partial charge in [0.25, 0.3) is 5.91 Å². The standard InChI is InChI=1S/C26H32N4O7S/c1-16(24(34)27-14-23(33)37-3)28-25(35)20-15-38-26(29-20)18-10-12-30(13-11-18)22(32)9-8-21(31)17-4-6-19(36-2)7-5-17/h4-7,15-16,18H,8-14H2,1-3H3,(H,27,34)(H,28,35). The lowest BCUT2D eigenvalue weighted by Gasteiger charge is -2.31. The molecule has 1 aliphatic heterocycles. The molecule has 1 saturated heterocycles. The second-order valence-corrected chi connectivity index (χ2v) is 9.76. The number of carbonyl (C=O) groups excluding carboxylic acids is 5. The van der Waals surface area contributed by atoms with Crippen molar-refractivity contribution < 1.29 is 33.4 Å². The Hall–Kier alpha value is -3.80. The van der Waals surface area contributed by atoms with E-state index in [-0.39, 0.29) is 42.7 Å². The number of methoxy groups -OCH3 is 2. The number of nitrogens with zero attached hydrogens (tertiary/aromatic N) is 2. The SMILES string of the molecule is COC(=O)CNC(=O)C(C)NC(=O)c1csc(C2CCN(C(=O)CCC(=O)c3ccc(OC)cc3)CC2)n1. The number of likely N-dealkylation sites (tertiary alicyclic amines) is 1. The van der Waals surface area contributed by atoms with Gasteiger partial charge in [0.15, 0.2) is 5.78 Å². The molecule has 11 nitrogen and oxygen atoms in total. The van der Waals surface area contributed by atoms with Gasteiger partial charge in [0.1, 0.15) is 24.0 Å². The molecule has 12 heteroatoms. The molecule has 1 aromatic carbocycles. The van der Waals surface area contributed by atoms with Crippen LogP contribution in [-0.4, -0.2) is 79.3 Å². The fraction of sp³-hybridized carbons (Fsp3) is 0.462. The molecule has 204 valence electrons. The number of thiazole rings is 1. The number of rotatable bonds is 11. The van der Waals surface area contributed by atoms with Crippen LogP contribution in [0.4, 0.5) is 0 Å². The van der Waals surface area contributed by atoms with Gasteiger partial charge in [-0.2, -0.15) is 0 Å². The fourth-order valence-corrected chi connectivity index (χ4v) is 4.95. The number of hydrogen-bond donors (Lipinski definition) is 2. The molecule has 1 fully saturated rings. The van der Waals surface area contributed by atoms with Crippen LogP contribution in [0.1, 0.15) is 64.4 Å². The number of hydrogen-bond acceptors (Lipinski definition) is 9. The molecular weight excluding hydrogens is 512 g/mol. The van der Waals surface area contributed by atoms with E-state index in [4.69, 9.17) is 4.74 Å². The van der Waals surface area contributed by atoms with Crippen LogP contribution in [0.2, 0.25) is 0 Å². The summed E-state index contributed by atoms with van der Waals surface area (Å²) in [5.74, 6) is -0.931. The quantitative estimate of drug-likeness (QED) is 0.323. The van der Waals surface area contributed by atoms with Crippen molar-refractivity contribution in [2.24, 2.45) is 0 Å². The number of carbonyl (C=O) groups is 5. The van der Waals surface area contributed by atoms with E-state index in [0.29, 0.717) is 37.2 Å². The van der Waals surface area contributed by atoms with Crippen molar-refractivity contribution in [3.05, 3.63) is 45.9 Å². The molecule has 0 radical (unpaired) electrons. The molecule has 1 atom stereocenters. The fourth-order valence-electron chi connectivity index (χ4n) is 3.98. The first-order valence-corrected chi connectivity index (χ1v) is 13.2. The number of ketones is 1. The molecule has 3 rings (SSSR count). The van der Waals surface area contributed by atoms with Crippen molar-refractivity contribution in [1.29, 1.82) is 0 Å². The number of ether oxygens (including phenoxy) is 2. The maximum Gasteiger partial charge on any atom is 0.325 e. The van der Waals surface area contributed by atoms with Gasteiger partial charge in [-0.1, -0.05) is 0 Å². The lowest BCUT2D eigenvalue weighted by molar-refractivity contribution is -0.141. The average Bonchev–Trinajstić information content (AvgIpc) is 3.45. The number of aromatic nitrogens is 1. The zero-order chi connectivity index (χ0) is 27.7. The summed E-state index contributed by atoms with van der Waals surface area (Å²) in [5.41, 5.74) is 0.769. The van der Waals surface area contributed by atoms with Crippen molar-refractivity contribution in [1.82, 2.24) is 20.5 Å². The Labute approximate surface area is 224 Å². The maximum absolute atomic E-state index is 12.7. The lowest BCUT2D eigenvalue weighted by Crippen LogP contribution is -2.46. The zero-order valence-corrected chi connectivity index (χ0v) is 22.5. The van der Waals surface area contributed by atoms with Gasteiger partial charge in [0.05, 0.1) is 19.2 Å². The molecule has 0 bridgehead atoms. The van der Waals surface area contributed by atoms with E-state index in [1.54, 1.807) is 41.7 Å². The highest BCUT2D eigenvalue weighted by molar-refractivity contribution is 7.09. The van der Waals surface area contributed by atoms with Gasteiger partial charge in [-0.15, -0.1) is 11.3 Å². The minimum Gasteiger partial charge on any atom is -0.497 e. The third kappa shape index (κ3) is 7.85. The minimum atomic E-state index is -0.858. The van der Waals surface area contributed by atoms with E-state index in [0.717, 1.165) is 5.01 Å². The van der Waals surface area contributed by atoms with Crippen molar-refractivity contribution >= 4 is 40.8 Å². The number of Topliss-reactive ketones (excluding diaryl/α,β-unsaturated/α-hetero) is 1. The van der Waals surface area contributed by atoms with Gasteiger partial charge < -0.3 is 25.0 Å². The van der Waals surface area contributed by atoms with Crippen molar-refractivity contribution in [2.45, 2.75) is 44.6 Å². The molecule has 1 unspecified atom stereocenters. The second kappa shape index (κ2) is 13.7. The Balaban J connectivity index is 1.43. The Morgan fingerprint density at radius 3 is 2.39 bits per heavy atom. The van der Waals surface area contributed by atoms with Gasteiger partial charge in [0.2, 0.25) is 11.8 Å². The van der Waals surface area contributed by atoms with E-state index in [9.17, 15) is 24.0 Å². The Morgan fingerprint density at radius 2 is 1.76 bits per heavy atom. The van der Waals surface area contributed by atoms with Crippen LogP contribution in [0.5, 0.6) is 5.75 Å². The summed E-state index contributed by atoms with van der Waals surface area (Å²) < 4.78 is 9.57. The zero-order valence-electron chi connectivity index (χ0n) is 21.7. The minimum absolute atomic E-state index is 0.0519. The molecule has 38 heavy (non-hydrogen) atoms. The van der Waals surface area contributed by atoms with Crippen LogP contribution >= 0.6 is 11.3 Å². The van der Waals surface area contributed by atoms with E-state index in [1.165, 1.54) is 25.4 Å². The summed E-state index contributed by atoms with van der Waals surface area (Å²) in [6, 6.07) is 5.97. The number of esters is 1. The molecule has 0 saturated carbocycles. The van der Waals surface area contributed by atoms with E-state index in [2.05, 4.69) is 20.4 Å². The van der Waals surface area contributed by atoms with Crippen LogP contribution in [0.15, 0.2) is 29.6 Å². The Bertz CT molecular complexity index is 1160. The molecule has 2 heterocycles. The van der Waals surface area contributed by atoms with Crippen LogP contribution in [0.3, 0.4) is 0 Å². The monoisotopic (exact) mass is 544 g/mol. The third-order valence-corrected chi connectivity index (χ3v) is 7.31. The number of benzene rings is 1. The summed E-state index contributed by atoms with van der Waals surface area (Å²) >= 11 is 1.37. The normalized spacial score (nSPS) is 14.3. The Morgan fingerprint density at radius 1 is 1.08 bits per heavy atom. The van der Waals surface area contributed by atoms with Crippen LogP contribution in [0.25, 0.3) is 0 Å². The van der Waals surface area contributed by atoms with E-state index < -0.39 is 23.8 Å². The molecule has 2 N–H and O–H groups in total. The first-order chi connectivity index (χ1) is 18.2. The smallest absolute Gasteiger partial charge is 0.325 e. The summed E-state index contributed by atoms with van der Waals surface area (Å²) in [6.45, 7) is 2.34. The average molecular weight is 545 g/mol. The Kier molecular flexibility index (Phi) is 10.3. The van der Waals surface area contributed by atoms with Crippen LogP contribution in [-0.2, 0) is 19.1 Å². The number of nitrogens with one attached hydrogen (secondary N) is 2. The molecule has 1 aromatic heterocycles. The summed E-state index contributed by atoms with van der Waals surface area (Å²) in [7, 11) is 2.78. The van der Waals surface area contributed by atoms with Gasteiger partial charge >= 0.3 is 5.97 Å². The van der Waals surface area contributed by atoms with E-state index >= 15 is 0 Å². The predicted molar refractivity (Wildman–Crippen MR) is 139 cm³/mol. The summed E-state index contributed by atoms with van der Waals surface area (Å²) in [4.78, 5) is 67.0. The van der Waals surface area contributed by atoms with Crippen LogP contribution < -0.4 is 15.4 Å². The van der Waals surface area contributed by atoms with Crippen molar-refractivity contribution in [3.8, 4) is 5.75 Å². The highest BCUT2D eigenvalue weighted by Gasteiger charge is 2.27. The summed E-state index contributed by atoms with van der Waals surface area (Å²) in [6.07, 6.45) is 1.72. The maximum atomic E-state index is 12.7. The first kappa shape index (κ1) is 28.8. The van der Waals surface area contributed by atoms with Crippen molar-refractivity contribution in [2.75, 3.05) is 33.9 Å². The topological polar surface area (TPSA) is 144 Å². The van der Waals surface area contributed by atoms with Gasteiger partial charge in [-0.25, -0.2) is 4.98 Å². The molecule has 3 amide bonds. The molecule has 1 aliphatic rings. The molecule has 0 aliphatic carbocycles. The van der Waals surface area contributed by atoms with Crippen molar-refractivity contribution in [3.63, 3.8) is 0 Å². The van der Waals surface area contributed by atoms with Gasteiger partial charge in [0, 0.05) is 42.8 Å². The summed E-state index contributed by atoms with van der Waals surface area (Å²) in [5, 5.41) is 7.41. The number of piperidine rings is 1. The largest absolute Gasteiger partial charge is 0.497 e. The second-order valence-electron chi connectivity index (χ2n) is 8.87. The molecule has 0 spiro atoms. The highest BCUT2D eigenvalue weighted by Crippen LogP contribution is 2.30. The first-order valence-electron chi connectivity index (χ1n) is 12.3. The predicted octanol–water partition coefficient (Wildman–Crippen LogP) is 1.93. The lowest BCUT2D eigenvalue weighted by atomic mass is 9.97. The highest BCUT2D eigenvalue weighted by atomic mass is 32.1. The third-order valence-electron chi connectivity index (χ3n) is 6.30.